The molecule has 1 nitrogen and oxygen atoms in total. The van der Waals surface area contributed by atoms with Crippen LogP contribution in [0.1, 0.15) is 81.7 Å². The third-order valence-corrected chi connectivity index (χ3v) is 4.84. The first-order valence-corrected chi connectivity index (χ1v) is 8.94. The molecular formula is C17H31NS. The highest BCUT2D eigenvalue weighted by atomic mass is 32.1. The number of aryl methyl sites for hydroxylation is 1. The van der Waals surface area contributed by atoms with Crippen LogP contribution < -0.4 is 5.32 Å². The van der Waals surface area contributed by atoms with Crippen LogP contribution in [0, 0.1) is 6.92 Å². The summed E-state index contributed by atoms with van der Waals surface area (Å²) in [6.07, 6.45) is 10.9. The molecule has 0 spiro atoms. The topological polar surface area (TPSA) is 12.0 Å². The Labute approximate surface area is 123 Å². The predicted octanol–water partition coefficient (Wildman–Crippen LogP) is 5.85. The number of thiophene rings is 1. The lowest BCUT2D eigenvalue weighted by atomic mass is 10.0. The van der Waals surface area contributed by atoms with Crippen LogP contribution in [0.5, 0.6) is 0 Å². The zero-order valence-corrected chi connectivity index (χ0v) is 13.8. The van der Waals surface area contributed by atoms with E-state index in [0.29, 0.717) is 6.04 Å². The summed E-state index contributed by atoms with van der Waals surface area (Å²) in [5.41, 5.74) is 1.46. The summed E-state index contributed by atoms with van der Waals surface area (Å²) >= 11 is 1.92. The third kappa shape index (κ3) is 6.58. The number of unbranched alkanes of at least 4 members (excludes halogenated alkanes) is 5. The van der Waals surface area contributed by atoms with Crippen molar-refractivity contribution in [1.29, 1.82) is 0 Å². The zero-order valence-electron chi connectivity index (χ0n) is 13.0. The third-order valence-electron chi connectivity index (χ3n) is 3.71. The Balaban J connectivity index is 2.32. The second-order valence-electron chi connectivity index (χ2n) is 5.53. The van der Waals surface area contributed by atoms with Gasteiger partial charge in [0, 0.05) is 10.9 Å². The van der Waals surface area contributed by atoms with Gasteiger partial charge in [0.05, 0.1) is 0 Å². The van der Waals surface area contributed by atoms with E-state index in [1.165, 1.54) is 56.9 Å². The first kappa shape index (κ1) is 16.7. The van der Waals surface area contributed by atoms with E-state index in [1.54, 1.807) is 4.88 Å². The van der Waals surface area contributed by atoms with Crippen molar-refractivity contribution in [1.82, 2.24) is 5.32 Å². The van der Waals surface area contributed by atoms with Gasteiger partial charge in [-0.05, 0) is 43.3 Å². The Hall–Kier alpha value is -0.340. The van der Waals surface area contributed by atoms with Gasteiger partial charge < -0.3 is 5.32 Å². The second-order valence-corrected chi connectivity index (χ2v) is 6.48. The maximum absolute atomic E-state index is 3.73. The number of rotatable bonds is 11. The van der Waals surface area contributed by atoms with Crippen LogP contribution in [-0.2, 0) is 0 Å². The van der Waals surface area contributed by atoms with Crippen LogP contribution in [0.2, 0.25) is 0 Å². The molecule has 1 heterocycles. The zero-order chi connectivity index (χ0) is 13.9. The molecule has 1 aromatic rings. The minimum absolute atomic E-state index is 0.589. The maximum atomic E-state index is 3.73. The average molecular weight is 282 g/mol. The average Bonchev–Trinajstić information content (AvgIpc) is 2.83. The Bertz CT molecular complexity index is 319. The maximum Gasteiger partial charge on any atom is 0.0417 e. The summed E-state index contributed by atoms with van der Waals surface area (Å²) in [5, 5.41) is 5.95. The first-order chi connectivity index (χ1) is 9.29. The molecule has 0 aliphatic heterocycles. The molecule has 1 aromatic heterocycles. The number of hydrogen-bond acceptors (Lipinski definition) is 2. The summed E-state index contributed by atoms with van der Waals surface area (Å²) < 4.78 is 0. The highest BCUT2D eigenvalue weighted by Gasteiger charge is 2.13. The Morgan fingerprint density at radius 3 is 2.42 bits per heavy atom. The molecular weight excluding hydrogens is 250 g/mol. The standard InChI is InChI=1S/C17H31NS/c1-4-6-7-8-9-10-11-16(18-13-5-2)17-15(3)12-14-19-17/h12,14,16,18H,4-11,13H2,1-3H3. The molecule has 2 heteroatoms. The molecule has 1 rings (SSSR count). The van der Waals surface area contributed by atoms with Crippen LogP contribution in [0.3, 0.4) is 0 Å². The first-order valence-electron chi connectivity index (χ1n) is 8.07. The normalized spacial score (nSPS) is 12.8. The molecule has 1 unspecified atom stereocenters. The van der Waals surface area contributed by atoms with Crippen LogP contribution in [0.15, 0.2) is 11.4 Å². The van der Waals surface area contributed by atoms with E-state index in [2.05, 4.69) is 37.5 Å². The van der Waals surface area contributed by atoms with Gasteiger partial charge in [0.25, 0.3) is 0 Å². The van der Waals surface area contributed by atoms with Crippen molar-refractivity contribution in [2.75, 3.05) is 6.54 Å². The highest BCUT2D eigenvalue weighted by molar-refractivity contribution is 7.10. The van der Waals surface area contributed by atoms with E-state index in [1.807, 2.05) is 11.3 Å². The van der Waals surface area contributed by atoms with Crippen LogP contribution in [0.25, 0.3) is 0 Å². The van der Waals surface area contributed by atoms with Gasteiger partial charge in [-0.2, -0.15) is 0 Å². The van der Waals surface area contributed by atoms with Gasteiger partial charge in [-0.3, -0.25) is 0 Å². The summed E-state index contributed by atoms with van der Waals surface area (Å²) in [6.45, 7) is 7.91. The molecule has 1 atom stereocenters. The fourth-order valence-electron chi connectivity index (χ4n) is 2.51. The van der Waals surface area contributed by atoms with Gasteiger partial charge in [-0.1, -0.05) is 52.4 Å². The van der Waals surface area contributed by atoms with Crippen molar-refractivity contribution in [3.05, 3.63) is 21.9 Å². The van der Waals surface area contributed by atoms with E-state index in [-0.39, 0.29) is 0 Å². The lowest BCUT2D eigenvalue weighted by molar-refractivity contribution is 0.470. The SMILES string of the molecule is CCCCCCCCC(NCCC)c1sccc1C. The van der Waals surface area contributed by atoms with Crippen LogP contribution >= 0.6 is 11.3 Å². The largest absolute Gasteiger partial charge is 0.309 e. The Morgan fingerprint density at radius 2 is 1.79 bits per heavy atom. The summed E-state index contributed by atoms with van der Waals surface area (Å²) in [5.74, 6) is 0. The molecule has 0 radical (unpaired) electrons. The van der Waals surface area contributed by atoms with Gasteiger partial charge in [0.2, 0.25) is 0 Å². The molecule has 0 fully saturated rings. The molecule has 0 bridgehead atoms. The molecule has 19 heavy (non-hydrogen) atoms. The van der Waals surface area contributed by atoms with Crippen molar-refractivity contribution in [2.45, 2.75) is 78.2 Å². The monoisotopic (exact) mass is 281 g/mol. The molecule has 0 aromatic carbocycles. The minimum Gasteiger partial charge on any atom is -0.309 e. The van der Waals surface area contributed by atoms with Crippen molar-refractivity contribution >= 4 is 11.3 Å². The lowest BCUT2D eigenvalue weighted by Gasteiger charge is -2.18. The molecule has 1 N–H and O–H groups in total. The van der Waals surface area contributed by atoms with Gasteiger partial charge in [0.15, 0.2) is 0 Å². The number of hydrogen-bond donors (Lipinski definition) is 1. The molecule has 0 amide bonds. The quantitative estimate of drug-likeness (QED) is 0.502. The second kappa shape index (κ2) is 10.4. The van der Waals surface area contributed by atoms with Gasteiger partial charge in [-0.25, -0.2) is 0 Å². The highest BCUT2D eigenvalue weighted by Crippen LogP contribution is 2.28. The lowest BCUT2D eigenvalue weighted by Crippen LogP contribution is -2.21. The Morgan fingerprint density at radius 1 is 1.05 bits per heavy atom. The number of nitrogens with one attached hydrogen (secondary N) is 1. The van der Waals surface area contributed by atoms with Crippen molar-refractivity contribution in [2.24, 2.45) is 0 Å². The fraction of sp³-hybridized carbons (Fsp3) is 0.765. The molecule has 0 saturated carbocycles. The smallest absolute Gasteiger partial charge is 0.0417 e. The Kier molecular flexibility index (Phi) is 9.19. The van der Waals surface area contributed by atoms with E-state index in [4.69, 9.17) is 0 Å². The van der Waals surface area contributed by atoms with E-state index in [0.717, 1.165) is 6.54 Å². The minimum atomic E-state index is 0.589. The van der Waals surface area contributed by atoms with Crippen molar-refractivity contribution < 1.29 is 0 Å². The van der Waals surface area contributed by atoms with Crippen molar-refractivity contribution in [3.8, 4) is 0 Å². The van der Waals surface area contributed by atoms with Crippen LogP contribution in [-0.4, -0.2) is 6.54 Å². The summed E-state index contributed by atoms with van der Waals surface area (Å²) in [6, 6.07) is 2.84. The van der Waals surface area contributed by atoms with Crippen molar-refractivity contribution in [3.63, 3.8) is 0 Å². The van der Waals surface area contributed by atoms with Gasteiger partial charge >= 0.3 is 0 Å². The van der Waals surface area contributed by atoms with Crippen LogP contribution in [0.4, 0.5) is 0 Å². The van der Waals surface area contributed by atoms with E-state index >= 15 is 0 Å². The molecule has 110 valence electrons. The van der Waals surface area contributed by atoms with Gasteiger partial charge in [0.1, 0.15) is 0 Å². The summed E-state index contributed by atoms with van der Waals surface area (Å²) in [4.78, 5) is 1.56. The van der Waals surface area contributed by atoms with E-state index in [9.17, 15) is 0 Å². The summed E-state index contributed by atoms with van der Waals surface area (Å²) in [7, 11) is 0. The molecule has 0 aliphatic carbocycles. The molecule has 0 saturated heterocycles. The van der Waals surface area contributed by atoms with Gasteiger partial charge in [-0.15, -0.1) is 11.3 Å². The molecule has 0 aliphatic rings. The van der Waals surface area contributed by atoms with E-state index < -0.39 is 0 Å². The predicted molar refractivity (Wildman–Crippen MR) is 88.1 cm³/mol. The fourth-order valence-corrected chi connectivity index (χ4v) is 3.55.